The highest BCUT2D eigenvalue weighted by Crippen LogP contribution is 2.19. The van der Waals surface area contributed by atoms with E-state index in [-0.39, 0.29) is 18.2 Å². The van der Waals surface area contributed by atoms with Crippen LogP contribution in [0.4, 0.5) is 0 Å². The normalized spacial score (nSPS) is 12.8. The second kappa shape index (κ2) is 8.40. The summed E-state index contributed by atoms with van der Waals surface area (Å²) in [5, 5.41) is 20.8. The first kappa shape index (κ1) is 18.0. The van der Waals surface area contributed by atoms with Gasteiger partial charge in [-0.1, -0.05) is 13.3 Å². The Bertz CT molecular complexity index is 594. The fourth-order valence-electron chi connectivity index (χ4n) is 2.29. The zero-order valence-electron chi connectivity index (χ0n) is 13.8. The van der Waals surface area contributed by atoms with Gasteiger partial charge in [0.1, 0.15) is 11.6 Å². The molecule has 0 fully saturated rings. The van der Waals surface area contributed by atoms with Crippen LogP contribution in [0.25, 0.3) is 6.08 Å². The van der Waals surface area contributed by atoms with Crippen LogP contribution in [-0.2, 0) is 11.3 Å². The van der Waals surface area contributed by atoms with Crippen molar-refractivity contribution in [2.75, 3.05) is 6.61 Å². The molecule has 0 bridgehead atoms. The number of unbranched alkanes of at least 4 members (excludes halogenated alkanes) is 1. The second-order valence-corrected chi connectivity index (χ2v) is 5.56. The van der Waals surface area contributed by atoms with Gasteiger partial charge in [-0.25, -0.2) is 0 Å². The van der Waals surface area contributed by atoms with Crippen molar-refractivity contribution in [3.05, 3.63) is 28.6 Å². The minimum atomic E-state index is -0.456. The molecule has 0 spiro atoms. The first-order valence-corrected chi connectivity index (χ1v) is 7.64. The van der Waals surface area contributed by atoms with Crippen LogP contribution in [0, 0.1) is 25.2 Å². The highest BCUT2D eigenvalue weighted by molar-refractivity contribution is 6.01. The van der Waals surface area contributed by atoms with E-state index in [1.54, 1.807) is 13.0 Å². The van der Waals surface area contributed by atoms with E-state index in [0.29, 0.717) is 0 Å². The molecule has 5 heteroatoms. The summed E-state index contributed by atoms with van der Waals surface area (Å²) in [4.78, 5) is 12.0. The zero-order chi connectivity index (χ0) is 16.7. The van der Waals surface area contributed by atoms with Gasteiger partial charge in [-0.15, -0.1) is 0 Å². The molecule has 0 aromatic carbocycles. The molecule has 1 aromatic rings. The minimum absolute atomic E-state index is 0.0519. The number of hydrogen-bond donors (Lipinski definition) is 2. The third-order valence-corrected chi connectivity index (χ3v) is 3.66. The van der Waals surface area contributed by atoms with Gasteiger partial charge in [0.2, 0.25) is 0 Å². The fraction of sp³-hybridized carbons (Fsp3) is 0.529. The number of carbonyl (C=O) groups is 1. The summed E-state index contributed by atoms with van der Waals surface area (Å²) in [7, 11) is 0. The molecule has 1 aromatic heterocycles. The van der Waals surface area contributed by atoms with Gasteiger partial charge in [0.25, 0.3) is 5.91 Å². The maximum Gasteiger partial charge on any atom is 0.262 e. The number of aliphatic hydroxyl groups excluding tert-OH is 1. The Hall–Kier alpha value is -2.06. The summed E-state index contributed by atoms with van der Waals surface area (Å²) >= 11 is 0. The van der Waals surface area contributed by atoms with Crippen molar-refractivity contribution in [2.24, 2.45) is 0 Å². The third-order valence-electron chi connectivity index (χ3n) is 3.66. The van der Waals surface area contributed by atoms with Gasteiger partial charge in [-0.2, -0.15) is 5.26 Å². The average Bonchev–Trinajstić information content (AvgIpc) is 2.76. The summed E-state index contributed by atoms with van der Waals surface area (Å²) in [6.45, 7) is 8.64. The van der Waals surface area contributed by atoms with Crippen LogP contribution in [0.2, 0.25) is 0 Å². The molecular formula is C17H25N3O2. The molecule has 1 unspecified atom stereocenters. The zero-order valence-corrected chi connectivity index (χ0v) is 13.8. The lowest BCUT2D eigenvalue weighted by molar-refractivity contribution is -0.117. The van der Waals surface area contributed by atoms with Crippen molar-refractivity contribution in [3.8, 4) is 6.07 Å². The lowest BCUT2D eigenvalue weighted by atomic mass is 10.1. The molecule has 1 rings (SSSR count). The van der Waals surface area contributed by atoms with Gasteiger partial charge >= 0.3 is 0 Å². The molecule has 5 nitrogen and oxygen atoms in total. The smallest absolute Gasteiger partial charge is 0.262 e. The third kappa shape index (κ3) is 4.47. The molecule has 0 saturated heterocycles. The number of nitrogens with zero attached hydrogens (tertiary/aromatic N) is 2. The summed E-state index contributed by atoms with van der Waals surface area (Å²) < 4.78 is 2.21. The molecule has 1 heterocycles. The van der Waals surface area contributed by atoms with Gasteiger partial charge in [0.05, 0.1) is 6.61 Å². The number of rotatable bonds is 7. The maximum atomic E-state index is 12.0. The van der Waals surface area contributed by atoms with E-state index in [1.165, 1.54) is 0 Å². The molecule has 22 heavy (non-hydrogen) atoms. The van der Waals surface area contributed by atoms with E-state index in [1.807, 2.05) is 26.0 Å². The van der Waals surface area contributed by atoms with Crippen molar-refractivity contribution in [1.29, 1.82) is 5.26 Å². The summed E-state index contributed by atoms with van der Waals surface area (Å²) in [5.41, 5.74) is 3.12. The summed E-state index contributed by atoms with van der Waals surface area (Å²) in [6.07, 6.45) is 3.83. The number of nitriles is 1. The highest BCUT2D eigenvalue weighted by Gasteiger charge is 2.14. The van der Waals surface area contributed by atoms with Gasteiger partial charge in [0, 0.05) is 24.0 Å². The topological polar surface area (TPSA) is 78.0 Å². The predicted molar refractivity (Wildman–Crippen MR) is 87.1 cm³/mol. The Kier molecular flexibility index (Phi) is 6.87. The standard InChI is InChI=1S/C17H25N3O2/c1-5-6-7-20-13(3)8-15(14(20)4)9-16(10-18)17(22)19-12(2)11-21/h8-9,12,21H,5-7,11H2,1-4H3,(H,19,22)/b16-9-. The monoisotopic (exact) mass is 303 g/mol. The van der Waals surface area contributed by atoms with Crippen LogP contribution in [0.5, 0.6) is 0 Å². The lowest BCUT2D eigenvalue weighted by Gasteiger charge is -2.10. The lowest BCUT2D eigenvalue weighted by Crippen LogP contribution is -2.35. The van der Waals surface area contributed by atoms with Gasteiger partial charge in [0.15, 0.2) is 0 Å². The number of nitrogens with one attached hydrogen (secondary N) is 1. The SMILES string of the molecule is CCCCn1c(C)cc(/C=C(/C#N)C(=O)NC(C)CO)c1C. The molecule has 0 saturated carbocycles. The molecule has 120 valence electrons. The molecule has 0 aliphatic heterocycles. The van der Waals surface area contributed by atoms with E-state index in [9.17, 15) is 10.1 Å². The first-order chi connectivity index (χ1) is 10.4. The van der Waals surface area contributed by atoms with Gasteiger partial charge in [-0.3, -0.25) is 4.79 Å². The Morgan fingerprint density at radius 1 is 1.55 bits per heavy atom. The predicted octanol–water partition coefficient (Wildman–Crippen LogP) is 2.31. The van der Waals surface area contributed by atoms with Crippen LogP contribution in [0.15, 0.2) is 11.6 Å². The summed E-state index contributed by atoms with van der Waals surface area (Å²) in [6, 6.07) is 3.55. The van der Waals surface area contributed by atoms with Crippen LogP contribution in [-0.4, -0.2) is 28.2 Å². The van der Waals surface area contributed by atoms with Crippen molar-refractivity contribution in [2.45, 2.75) is 53.1 Å². The van der Waals surface area contributed by atoms with E-state index in [0.717, 1.165) is 36.3 Å². The molecule has 0 radical (unpaired) electrons. The molecule has 0 aliphatic rings. The van der Waals surface area contributed by atoms with Gasteiger partial charge in [-0.05, 0) is 44.9 Å². The van der Waals surface area contributed by atoms with Crippen LogP contribution in [0.1, 0.15) is 43.6 Å². The number of aryl methyl sites for hydroxylation is 1. The fourth-order valence-corrected chi connectivity index (χ4v) is 2.29. The minimum Gasteiger partial charge on any atom is -0.394 e. The quantitative estimate of drug-likeness (QED) is 0.599. The van der Waals surface area contributed by atoms with E-state index >= 15 is 0 Å². The first-order valence-electron chi connectivity index (χ1n) is 7.64. The number of aliphatic hydroxyl groups is 1. The highest BCUT2D eigenvalue weighted by atomic mass is 16.3. The number of carbonyl (C=O) groups excluding carboxylic acids is 1. The van der Waals surface area contributed by atoms with Gasteiger partial charge < -0.3 is 15.0 Å². The Balaban J connectivity index is 3.04. The molecule has 1 amide bonds. The van der Waals surface area contributed by atoms with E-state index in [4.69, 9.17) is 5.11 Å². The second-order valence-electron chi connectivity index (χ2n) is 5.56. The average molecular weight is 303 g/mol. The molecular weight excluding hydrogens is 278 g/mol. The number of aromatic nitrogens is 1. The van der Waals surface area contributed by atoms with Crippen LogP contribution < -0.4 is 5.32 Å². The Labute approximate surface area is 132 Å². The maximum absolute atomic E-state index is 12.0. The van der Waals surface area contributed by atoms with Crippen molar-refractivity contribution >= 4 is 12.0 Å². The molecule has 1 atom stereocenters. The molecule has 2 N–H and O–H groups in total. The van der Waals surface area contributed by atoms with E-state index in [2.05, 4.69) is 16.8 Å². The van der Waals surface area contributed by atoms with Crippen molar-refractivity contribution in [1.82, 2.24) is 9.88 Å². The van der Waals surface area contributed by atoms with Crippen molar-refractivity contribution in [3.63, 3.8) is 0 Å². The molecule has 0 aliphatic carbocycles. The van der Waals surface area contributed by atoms with E-state index < -0.39 is 5.91 Å². The van der Waals surface area contributed by atoms with Crippen molar-refractivity contribution < 1.29 is 9.90 Å². The van der Waals surface area contributed by atoms with Crippen LogP contribution >= 0.6 is 0 Å². The summed E-state index contributed by atoms with van der Waals surface area (Å²) in [5.74, 6) is -0.456. The number of amides is 1. The number of hydrogen-bond acceptors (Lipinski definition) is 3. The Morgan fingerprint density at radius 2 is 2.23 bits per heavy atom. The Morgan fingerprint density at radius 3 is 2.77 bits per heavy atom. The van der Waals surface area contributed by atoms with Crippen LogP contribution in [0.3, 0.4) is 0 Å². The largest absolute Gasteiger partial charge is 0.394 e.